The van der Waals surface area contributed by atoms with Crippen LogP contribution in [0.4, 0.5) is 15.3 Å². The minimum Gasteiger partial charge on any atom is -0.436 e. The maximum absolute atomic E-state index is 14.0. The van der Waals surface area contributed by atoms with Gasteiger partial charge in [0.2, 0.25) is 0 Å². The predicted molar refractivity (Wildman–Crippen MR) is 180 cm³/mol. The molecule has 3 fully saturated rings. The largest absolute Gasteiger partial charge is 0.436 e. The first kappa shape index (κ1) is 32.9. The molecule has 2 aromatic rings. The molecular weight excluding hydrogens is 627 g/mol. The van der Waals surface area contributed by atoms with E-state index in [1.54, 1.807) is 17.0 Å². The minimum atomic E-state index is -0.995. The topological polar surface area (TPSA) is 97.5 Å². The number of benzene rings is 2. The van der Waals surface area contributed by atoms with Gasteiger partial charge in [0.05, 0.1) is 0 Å². The lowest BCUT2D eigenvalue weighted by Gasteiger charge is -2.41. The average molecular weight is 672 g/mol. The molecule has 0 aromatic heterocycles. The van der Waals surface area contributed by atoms with Gasteiger partial charge in [-0.3, -0.25) is 9.69 Å². The van der Waals surface area contributed by atoms with Crippen LogP contribution in [0.5, 0.6) is 0 Å². The number of fused-ring (bicyclic) bond motifs is 1. The number of carbonyl (C=O) groups excluding carboxylic acids is 3. The summed E-state index contributed by atoms with van der Waals surface area (Å²) in [6.45, 7) is 8.66. The number of hydrogen-bond donors (Lipinski definition) is 2. The SMILES string of the molecule is Cc1c(Cl)cc(C[C@@H](OC(=O)N2CCC(N3CCc4ccccc4NC3=O)CC2)C(=O)N2CCC(N3CCNCC3)CC2)cc1Cl. The van der Waals surface area contributed by atoms with Gasteiger partial charge in [-0.2, -0.15) is 0 Å². The molecule has 0 saturated carbocycles. The van der Waals surface area contributed by atoms with Crippen LogP contribution in [0, 0.1) is 6.92 Å². The molecule has 2 N–H and O–H groups in total. The highest BCUT2D eigenvalue weighted by atomic mass is 35.5. The van der Waals surface area contributed by atoms with Crippen LogP contribution in [0.3, 0.4) is 0 Å². The van der Waals surface area contributed by atoms with Crippen molar-refractivity contribution in [1.29, 1.82) is 0 Å². The Kier molecular flexibility index (Phi) is 10.6. The van der Waals surface area contributed by atoms with Gasteiger partial charge < -0.3 is 30.1 Å². The van der Waals surface area contributed by atoms with Crippen molar-refractivity contribution in [2.24, 2.45) is 0 Å². The van der Waals surface area contributed by atoms with Crippen molar-refractivity contribution in [1.82, 2.24) is 24.9 Å². The number of nitrogens with one attached hydrogen (secondary N) is 2. The Morgan fingerprint density at radius 3 is 2.22 bits per heavy atom. The number of anilines is 1. The van der Waals surface area contributed by atoms with Crippen LogP contribution in [0.2, 0.25) is 10.0 Å². The van der Waals surface area contributed by atoms with E-state index < -0.39 is 12.2 Å². The van der Waals surface area contributed by atoms with E-state index in [9.17, 15) is 14.4 Å². The molecule has 6 rings (SSSR count). The highest BCUT2D eigenvalue weighted by Crippen LogP contribution is 2.28. The Bertz CT molecular complexity index is 1400. The second-order valence-electron chi connectivity index (χ2n) is 12.9. The Labute approximate surface area is 281 Å². The van der Waals surface area contributed by atoms with Crippen LogP contribution in [-0.4, -0.2) is 115 Å². The summed E-state index contributed by atoms with van der Waals surface area (Å²) in [5.41, 5.74) is 3.50. The van der Waals surface area contributed by atoms with Gasteiger partial charge in [0.25, 0.3) is 5.91 Å². The third-order valence-electron chi connectivity index (χ3n) is 10.0. The normalized spacial score (nSPS) is 20.9. The van der Waals surface area contributed by atoms with Gasteiger partial charge >= 0.3 is 12.1 Å². The third-order valence-corrected chi connectivity index (χ3v) is 10.8. The van der Waals surface area contributed by atoms with Crippen LogP contribution < -0.4 is 10.6 Å². The first-order valence-electron chi connectivity index (χ1n) is 16.6. The van der Waals surface area contributed by atoms with E-state index in [2.05, 4.69) is 15.5 Å². The molecule has 0 radical (unpaired) electrons. The van der Waals surface area contributed by atoms with E-state index in [0.717, 1.165) is 67.8 Å². The van der Waals surface area contributed by atoms with Crippen LogP contribution in [-0.2, 0) is 22.4 Å². The third kappa shape index (κ3) is 7.56. The molecule has 4 aliphatic rings. The summed E-state index contributed by atoms with van der Waals surface area (Å²) in [6, 6.07) is 11.9. The molecule has 12 heteroatoms. The molecule has 0 unspecified atom stereocenters. The average Bonchev–Trinajstić information content (AvgIpc) is 3.25. The molecule has 4 heterocycles. The summed E-state index contributed by atoms with van der Waals surface area (Å²) in [5.74, 6) is -0.185. The number of halogens is 2. The lowest BCUT2D eigenvalue weighted by Crippen LogP contribution is -2.54. The number of carbonyl (C=O) groups is 3. The second-order valence-corrected chi connectivity index (χ2v) is 13.7. The summed E-state index contributed by atoms with van der Waals surface area (Å²) in [5, 5.41) is 7.48. The molecule has 248 valence electrons. The number of amides is 4. The molecule has 4 aliphatic heterocycles. The molecule has 4 amide bonds. The van der Waals surface area contributed by atoms with Crippen molar-refractivity contribution in [2.75, 3.05) is 64.2 Å². The molecule has 0 aliphatic carbocycles. The van der Waals surface area contributed by atoms with Crippen molar-refractivity contribution < 1.29 is 19.1 Å². The zero-order chi connectivity index (χ0) is 32.2. The molecule has 0 spiro atoms. The van der Waals surface area contributed by atoms with Crippen LogP contribution in [0.1, 0.15) is 42.4 Å². The van der Waals surface area contributed by atoms with Crippen molar-refractivity contribution in [2.45, 2.75) is 63.6 Å². The van der Waals surface area contributed by atoms with Gasteiger partial charge in [-0.1, -0.05) is 41.4 Å². The van der Waals surface area contributed by atoms with Gasteiger partial charge in [-0.25, -0.2) is 9.59 Å². The Morgan fingerprint density at radius 2 is 1.52 bits per heavy atom. The quantitative estimate of drug-likeness (QED) is 0.458. The van der Waals surface area contributed by atoms with E-state index in [0.29, 0.717) is 61.7 Å². The molecular formula is C34H44Cl2N6O4. The number of piperidine rings is 2. The lowest BCUT2D eigenvalue weighted by atomic mass is 10.00. The summed E-state index contributed by atoms with van der Waals surface area (Å²) in [4.78, 5) is 48.5. The zero-order valence-corrected chi connectivity index (χ0v) is 28.0. The van der Waals surface area contributed by atoms with Crippen LogP contribution in [0.25, 0.3) is 0 Å². The number of nitrogens with zero attached hydrogens (tertiary/aromatic N) is 4. The minimum absolute atomic E-state index is 0.0182. The van der Waals surface area contributed by atoms with Crippen LogP contribution >= 0.6 is 23.2 Å². The van der Waals surface area contributed by atoms with E-state index in [1.165, 1.54) is 0 Å². The molecule has 1 atom stereocenters. The zero-order valence-electron chi connectivity index (χ0n) is 26.5. The molecule has 2 aromatic carbocycles. The summed E-state index contributed by atoms with van der Waals surface area (Å²) >= 11 is 12.9. The summed E-state index contributed by atoms with van der Waals surface area (Å²) in [6.07, 6.45) is 2.54. The summed E-state index contributed by atoms with van der Waals surface area (Å²) in [7, 11) is 0. The molecule has 46 heavy (non-hydrogen) atoms. The smallest absolute Gasteiger partial charge is 0.410 e. The van der Waals surface area contributed by atoms with Gasteiger partial charge in [-0.05, 0) is 73.9 Å². The summed E-state index contributed by atoms with van der Waals surface area (Å²) < 4.78 is 6.02. The van der Waals surface area contributed by atoms with Gasteiger partial charge in [0.1, 0.15) is 0 Å². The number of ether oxygens (including phenoxy) is 1. The van der Waals surface area contributed by atoms with Crippen molar-refractivity contribution >= 4 is 46.9 Å². The maximum atomic E-state index is 14.0. The van der Waals surface area contributed by atoms with Crippen molar-refractivity contribution in [3.63, 3.8) is 0 Å². The monoisotopic (exact) mass is 670 g/mol. The van der Waals surface area contributed by atoms with Crippen molar-refractivity contribution in [3.05, 3.63) is 63.1 Å². The van der Waals surface area contributed by atoms with Gasteiger partial charge in [-0.15, -0.1) is 0 Å². The number of para-hydroxylation sites is 1. The number of likely N-dealkylation sites (tertiary alicyclic amines) is 2. The highest BCUT2D eigenvalue weighted by Gasteiger charge is 2.36. The van der Waals surface area contributed by atoms with E-state index >= 15 is 0 Å². The highest BCUT2D eigenvalue weighted by molar-refractivity contribution is 6.36. The first-order valence-corrected chi connectivity index (χ1v) is 17.3. The first-order chi connectivity index (χ1) is 22.3. The number of rotatable bonds is 6. The Morgan fingerprint density at radius 1 is 0.891 bits per heavy atom. The van der Waals surface area contributed by atoms with E-state index in [4.69, 9.17) is 27.9 Å². The van der Waals surface area contributed by atoms with Crippen LogP contribution in [0.15, 0.2) is 36.4 Å². The molecule has 3 saturated heterocycles. The van der Waals surface area contributed by atoms with Crippen molar-refractivity contribution in [3.8, 4) is 0 Å². The fourth-order valence-electron chi connectivity index (χ4n) is 7.21. The molecule has 0 bridgehead atoms. The van der Waals surface area contributed by atoms with E-state index in [1.807, 2.05) is 41.0 Å². The second kappa shape index (κ2) is 14.8. The number of hydrogen-bond acceptors (Lipinski definition) is 6. The fourth-order valence-corrected chi connectivity index (χ4v) is 7.74. The van der Waals surface area contributed by atoms with Gasteiger partial charge in [0.15, 0.2) is 6.10 Å². The maximum Gasteiger partial charge on any atom is 0.410 e. The Hall–Kier alpha value is -3.05. The molecule has 10 nitrogen and oxygen atoms in total. The fraction of sp³-hybridized carbons (Fsp3) is 0.559. The van der Waals surface area contributed by atoms with E-state index in [-0.39, 0.29) is 24.4 Å². The lowest BCUT2D eigenvalue weighted by molar-refractivity contribution is -0.142. The van der Waals surface area contributed by atoms with Gasteiger partial charge in [0, 0.05) is 93.1 Å². The number of piperazine rings is 1. The predicted octanol–water partition coefficient (Wildman–Crippen LogP) is 4.80. The number of urea groups is 1. The Balaban J connectivity index is 1.09. The standard InChI is InChI=1S/C34H44Cl2N6O4/c1-23-28(35)20-24(21-29(23)36)22-31(32(43)40-13-7-26(8-14-40)39-18-11-37-12-19-39)46-34(45)41-15-9-27(10-16-41)42-17-6-25-4-2-3-5-30(25)38-33(42)44/h2-5,20-21,26-27,31,37H,6-19,22H2,1H3,(H,38,44)/t31-/m1/s1.